The predicted molar refractivity (Wildman–Crippen MR) is 64.8 cm³/mol. The third-order valence-electron chi connectivity index (χ3n) is 4.18. The maximum absolute atomic E-state index is 11.8. The minimum atomic E-state index is 0.382. The van der Waals surface area contributed by atoms with Crippen LogP contribution in [0.25, 0.3) is 0 Å². The van der Waals surface area contributed by atoms with Crippen molar-refractivity contribution in [2.45, 2.75) is 65.7 Å². The van der Waals surface area contributed by atoms with Crippen LogP contribution in [-0.2, 0) is 4.79 Å². The van der Waals surface area contributed by atoms with Gasteiger partial charge in [0.2, 0.25) is 0 Å². The summed E-state index contributed by atoms with van der Waals surface area (Å²) in [7, 11) is 0. The zero-order chi connectivity index (χ0) is 11.3. The Hall–Kier alpha value is -0.330. The molecule has 1 nitrogen and oxygen atoms in total. The fourth-order valence-electron chi connectivity index (χ4n) is 2.90. The maximum Gasteiger partial charge on any atom is 0.135 e. The molecule has 0 spiro atoms. The zero-order valence-electron chi connectivity index (χ0n) is 10.6. The average molecular weight is 210 g/mol. The first-order valence-electron chi connectivity index (χ1n) is 6.73. The van der Waals surface area contributed by atoms with Crippen molar-refractivity contribution in [2.24, 2.45) is 17.8 Å². The maximum atomic E-state index is 11.8. The molecule has 0 aromatic carbocycles. The van der Waals surface area contributed by atoms with E-state index in [1.54, 1.807) is 0 Å². The lowest BCUT2D eigenvalue weighted by atomic mass is 9.86. The Kier molecular flexibility index (Phi) is 5.35. The lowest BCUT2D eigenvalue weighted by Gasteiger charge is -2.18. The number of hydrogen-bond donors (Lipinski definition) is 0. The summed E-state index contributed by atoms with van der Waals surface area (Å²) in [4.78, 5) is 11.8. The molecule has 1 heteroatoms. The molecule has 15 heavy (non-hydrogen) atoms. The Morgan fingerprint density at radius 1 is 1.00 bits per heavy atom. The number of carbonyl (C=O) groups excluding carboxylic acids is 1. The monoisotopic (exact) mass is 210 g/mol. The van der Waals surface area contributed by atoms with Gasteiger partial charge in [-0.3, -0.25) is 4.79 Å². The van der Waals surface area contributed by atoms with Gasteiger partial charge in [0.25, 0.3) is 0 Å². The van der Waals surface area contributed by atoms with Crippen LogP contribution in [0.4, 0.5) is 0 Å². The normalized spacial score (nSPS) is 32.3. The first kappa shape index (κ1) is 12.7. The summed E-state index contributed by atoms with van der Waals surface area (Å²) in [5.41, 5.74) is 0. The smallest absolute Gasteiger partial charge is 0.135 e. The van der Waals surface area contributed by atoms with Crippen LogP contribution in [0.5, 0.6) is 0 Å². The van der Waals surface area contributed by atoms with E-state index in [4.69, 9.17) is 0 Å². The topological polar surface area (TPSA) is 17.1 Å². The molecule has 0 saturated heterocycles. The van der Waals surface area contributed by atoms with Crippen molar-refractivity contribution < 1.29 is 4.79 Å². The second kappa shape index (κ2) is 6.30. The van der Waals surface area contributed by atoms with Gasteiger partial charge in [-0.15, -0.1) is 0 Å². The number of carbonyl (C=O) groups is 1. The molecule has 0 aromatic rings. The molecule has 0 heterocycles. The molecule has 0 radical (unpaired) electrons. The van der Waals surface area contributed by atoms with E-state index in [0.29, 0.717) is 11.7 Å². The summed E-state index contributed by atoms with van der Waals surface area (Å²) in [6.07, 6.45) is 8.27. The van der Waals surface area contributed by atoms with E-state index >= 15 is 0 Å². The minimum absolute atomic E-state index is 0.382. The molecular weight excluding hydrogens is 184 g/mol. The molecule has 0 amide bonds. The van der Waals surface area contributed by atoms with Gasteiger partial charge in [0.1, 0.15) is 5.78 Å². The Morgan fingerprint density at radius 2 is 1.47 bits per heavy atom. The van der Waals surface area contributed by atoms with Gasteiger partial charge in [-0.2, -0.15) is 0 Å². The van der Waals surface area contributed by atoms with Crippen LogP contribution >= 0.6 is 0 Å². The Labute approximate surface area is 94.6 Å². The largest absolute Gasteiger partial charge is 0.299 e. The molecule has 0 aromatic heterocycles. The third-order valence-corrected chi connectivity index (χ3v) is 4.18. The number of Topliss-reactive ketones (excluding diaryl/α,β-unsaturated/α-hetero) is 1. The van der Waals surface area contributed by atoms with Gasteiger partial charge in [-0.1, -0.05) is 46.5 Å². The van der Waals surface area contributed by atoms with Gasteiger partial charge in [-0.25, -0.2) is 0 Å². The average Bonchev–Trinajstić information content (AvgIpc) is 2.49. The van der Waals surface area contributed by atoms with E-state index in [0.717, 1.165) is 18.3 Å². The highest BCUT2D eigenvalue weighted by atomic mass is 16.1. The summed E-state index contributed by atoms with van der Waals surface area (Å²) in [6, 6.07) is 0. The van der Waals surface area contributed by atoms with E-state index < -0.39 is 0 Å². The molecule has 2 atom stereocenters. The molecular formula is C14H26O. The first-order valence-corrected chi connectivity index (χ1v) is 6.73. The SMILES string of the molecule is CCC(=O)C1CC(CC)CCC(CC)C1. The van der Waals surface area contributed by atoms with E-state index in [1.165, 1.54) is 38.5 Å². The standard InChI is InChI=1S/C14H26O/c1-4-11-7-8-12(5-2)10-13(9-11)14(15)6-3/h11-13H,4-10H2,1-3H3. The van der Waals surface area contributed by atoms with Crippen LogP contribution in [0.3, 0.4) is 0 Å². The van der Waals surface area contributed by atoms with Crippen molar-refractivity contribution in [3.05, 3.63) is 0 Å². The van der Waals surface area contributed by atoms with Crippen LogP contribution in [0.1, 0.15) is 65.7 Å². The number of rotatable bonds is 4. The van der Waals surface area contributed by atoms with Crippen molar-refractivity contribution in [3.8, 4) is 0 Å². The summed E-state index contributed by atoms with van der Waals surface area (Å²) < 4.78 is 0. The summed E-state index contributed by atoms with van der Waals surface area (Å²) >= 11 is 0. The van der Waals surface area contributed by atoms with Crippen molar-refractivity contribution >= 4 is 5.78 Å². The molecule has 0 aliphatic heterocycles. The molecule has 2 unspecified atom stereocenters. The summed E-state index contributed by atoms with van der Waals surface area (Å²) in [5, 5.41) is 0. The third kappa shape index (κ3) is 3.62. The highest BCUT2D eigenvalue weighted by Gasteiger charge is 2.27. The van der Waals surface area contributed by atoms with Gasteiger partial charge < -0.3 is 0 Å². The predicted octanol–water partition coefficient (Wildman–Crippen LogP) is 4.21. The van der Waals surface area contributed by atoms with Gasteiger partial charge >= 0.3 is 0 Å². The molecule has 0 N–H and O–H groups in total. The lowest BCUT2D eigenvalue weighted by Crippen LogP contribution is -2.17. The van der Waals surface area contributed by atoms with Gasteiger partial charge in [-0.05, 0) is 24.7 Å². The van der Waals surface area contributed by atoms with Crippen LogP contribution in [0.2, 0.25) is 0 Å². The highest BCUT2D eigenvalue weighted by molar-refractivity contribution is 5.80. The molecule has 88 valence electrons. The summed E-state index contributed by atoms with van der Waals surface area (Å²) in [6.45, 7) is 6.55. The molecule has 1 aliphatic carbocycles. The van der Waals surface area contributed by atoms with Crippen LogP contribution < -0.4 is 0 Å². The first-order chi connectivity index (χ1) is 7.21. The highest BCUT2D eigenvalue weighted by Crippen LogP contribution is 2.35. The van der Waals surface area contributed by atoms with E-state index in [9.17, 15) is 4.79 Å². The molecule has 1 aliphatic rings. The molecule has 0 bridgehead atoms. The number of ketones is 1. The quantitative estimate of drug-likeness (QED) is 0.635. The van der Waals surface area contributed by atoms with Crippen molar-refractivity contribution in [2.75, 3.05) is 0 Å². The van der Waals surface area contributed by atoms with E-state index in [-0.39, 0.29) is 0 Å². The van der Waals surface area contributed by atoms with Crippen LogP contribution in [-0.4, -0.2) is 5.78 Å². The van der Waals surface area contributed by atoms with Gasteiger partial charge in [0.05, 0.1) is 0 Å². The Morgan fingerprint density at radius 3 is 1.80 bits per heavy atom. The van der Waals surface area contributed by atoms with E-state index in [1.807, 2.05) is 6.92 Å². The number of hydrogen-bond acceptors (Lipinski definition) is 1. The van der Waals surface area contributed by atoms with Gasteiger partial charge in [0, 0.05) is 12.3 Å². The molecule has 1 saturated carbocycles. The molecule has 1 fully saturated rings. The van der Waals surface area contributed by atoms with Crippen LogP contribution in [0.15, 0.2) is 0 Å². The molecule has 1 rings (SSSR count). The zero-order valence-corrected chi connectivity index (χ0v) is 10.6. The Balaban J connectivity index is 2.62. The van der Waals surface area contributed by atoms with Crippen molar-refractivity contribution in [3.63, 3.8) is 0 Å². The fraction of sp³-hybridized carbons (Fsp3) is 0.929. The van der Waals surface area contributed by atoms with E-state index in [2.05, 4.69) is 13.8 Å². The van der Waals surface area contributed by atoms with Gasteiger partial charge in [0.15, 0.2) is 0 Å². The second-order valence-corrected chi connectivity index (χ2v) is 5.11. The second-order valence-electron chi connectivity index (χ2n) is 5.11. The summed E-state index contributed by atoms with van der Waals surface area (Å²) in [5.74, 6) is 2.50. The van der Waals surface area contributed by atoms with Crippen molar-refractivity contribution in [1.82, 2.24) is 0 Å². The lowest BCUT2D eigenvalue weighted by molar-refractivity contribution is -0.123. The fourth-order valence-corrected chi connectivity index (χ4v) is 2.90. The minimum Gasteiger partial charge on any atom is -0.299 e. The van der Waals surface area contributed by atoms with Crippen LogP contribution in [0, 0.1) is 17.8 Å². The van der Waals surface area contributed by atoms with Crippen molar-refractivity contribution in [1.29, 1.82) is 0 Å². The Bertz CT molecular complexity index is 184.